The zero-order chi connectivity index (χ0) is 12.8. The fraction of sp³-hybridized carbons (Fsp3) is 0.882. The van der Waals surface area contributed by atoms with Crippen LogP contribution in [0.25, 0.3) is 0 Å². The first-order valence-corrected chi connectivity index (χ1v) is 8.18. The van der Waals surface area contributed by atoms with Crippen molar-refractivity contribution < 1.29 is 0 Å². The van der Waals surface area contributed by atoms with Gasteiger partial charge in [0.1, 0.15) is 0 Å². The lowest BCUT2D eigenvalue weighted by atomic mass is 9.75. The average molecular weight is 249 g/mol. The van der Waals surface area contributed by atoms with Crippen LogP contribution in [0.3, 0.4) is 0 Å². The van der Waals surface area contributed by atoms with Crippen molar-refractivity contribution in [2.45, 2.75) is 84.1 Å². The van der Waals surface area contributed by atoms with Gasteiger partial charge in [0.05, 0.1) is 0 Å². The Morgan fingerprint density at radius 1 is 1.11 bits per heavy atom. The molecule has 0 bridgehead atoms. The molecule has 2 aliphatic carbocycles. The minimum absolute atomic E-state index is 0.529. The summed E-state index contributed by atoms with van der Waals surface area (Å²) < 4.78 is 0. The maximum atomic E-state index is 3.81. The van der Waals surface area contributed by atoms with Crippen molar-refractivity contribution in [1.29, 1.82) is 0 Å². The molecule has 1 nitrogen and oxygen atoms in total. The summed E-state index contributed by atoms with van der Waals surface area (Å²) in [6.45, 7) is 5.89. The van der Waals surface area contributed by atoms with Crippen molar-refractivity contribution in [2.24, 2.45) is 5.41 Å². The van der Waals surface area contributed by atoms with Crippen molar-refractivity contribution in [3.8, 4) is 0 Å². The summed E-state index contributed by atoms with van der Waals surface area (Å²) >= 11 is 0. The van der Waals surface area contributed by atoms with E-state index in [0.29, 0.717) is 11.5 Å². The maximum Gasteiger partial charge on any atom is 0.0333 e. The summed E-state index contributed by atoms with van der Waals surface area (Å²) in [5.74, 6) is 0. The highest BCUT2D eigenvalue weighted by atomic mass is 14.9. The van der Waals surface area contributed by atoms with Crippen molar-refractivity contribution >= 4 is 0 Å². The first-order valence-electron chi connectivity index (χ1n) is 8.18. The third kappa shape index (κ3) is 3.38. The van der Waals surface area contributed by atoms with Crippen LogP contribution in [0.15, 0.2) is 11.6 Å². The molecule has 1 heteroatoms. The second-order valence-electron chi connectivity index (χ2n) is 6.58. The standard InChI is InChI=1S/C17H31N/c1-3-18-16(17(2)13-9-10-14-17)15-11-7-5-4-6-8-12-15/h11,16,18H,3-10,12-14H2,1-2H3. The van der Waals surface area contributed by atoms with Crippen LogP contribution < -0.4 is 5.32 Å². The lowest BCUT2D eigenvalue weighted by Crippen LogP contribution is -2.43. The molecule has 0 heterocycles. The molecule has 0 aromatic rings. The Hall–Kier alpha value is -0.300. The summed E-state index contributed by atoms with van der Waals surface area (Å²) in [6.07, 6.45) is 16.6. The monoisotopic (exact) mass is 249 g/mol. The first kappa shape index (κ1) is 14.1. The molecule has 0 aromatic heterocycles. The highest BCUT2D eigenvalue weighted by molar-refractivity contribution is 5.17. The largest absolute Gasteiger partial charge is 0.310 e. The molecule has 0 spiro atoms. The van der Waals surface area contributed by atoms with Gasteiger partial charge in [-0.05, 0) is 50.5 Å². The van der Waals surface area contributed by atoms with Crippen molar-refractivity contribution in [2.75, 3.05) is 6.54 Å². The summed E-state index contributed by atoms with van der Waals surface area (Å²) in [6, 6.07) is 0.656. The van der Waals surface area contributed by atoms with E-state index < -0.39 is 0 Å². The summed E-state index contributed by atoms with van der Waals surface area (Å²) in [5, 5.41) is 3.81. The highest BCUT2D eigenvalue weighted by Crippen LogP contribution is 2.43. The second kappa shape index (κ2) is 6.75. The lowest BCUT2D eigenvalue weighted by molar-refractivity contribution is 0.246. The number of hydrogen-bond donors (Lipinski definition) is 1. The lowest BCUT2D eigenvalue weighted by Gasteiger charge is -2.37. The predicted octanol–water partition coefficient (Wildman–Crippen LogP) is 4.83. The van der Waals surface area contributed by atoms with Crippen LogP contribution in [0.4, 0.5) is 0 Å². The predicted molar refractivity (Wildman–Crippen MR) is 79.8 cm³/mol. The van der Waals surface area contributed by atoms with Gasteiger partial charge >= 0.3 is 0 Å². The molecule has 1 N–H and O–H groups in total. The molecular weight excluding hydrogens is 218 g/mol. The van der Waals surface area contributed by atoms with E-state index >= 15 is 0 Å². The smallest absolute Gasteiger partial charge is 0.0333 e. The molecule has 2 aliphatic rings. The van der Waals surface area contributed by atoms with Crippen molar-refractivity contribution in [3.63, 3.8) is 0 Å². The first-order chi connectivity index (χ1) is 8.76. The number of nitrogens with one attached hydrogen (secondary N) is 1. The second-order valence-corrected chi connectivity index (χ2v) is 6.58. The van der Waals surface area contributed by atoms with E-state index in [1.165, 1.54) is 64.2 Å². The fourth-order valence-electron chi connectivity index (χ4n) is 3.98. The summed E-state index contributed by atoms with van der Waals surface area (Å²) in [4.78, 5) is 0. The molecule has 1 fully saturated rings. The Bertz CT molecular complexity index is 273. The molecule has 1 unspecified atom stereocenters. The van der Waals surface area contributed by atoms with Crippen LogP contribution in [0.2, 0.25) is 0 Å². The molecular formula is C17H31N. The highest BCUT2D eigenvalue weighted by Gasteiger charge is 2.38. The molecule has 18 heavy (non-hydrogen) atoms. The van der Waals surface area contributed by atoms with Crippen LogP contribution in [-0.2, 0) is 0 Å². The molecule has 0 amide bonds. The van der Waals surface area contributed by atoms with Crippen LogP contribution in [0.1, 0.15) is 78.1 Å². The molecule has 0 radical (unpaired) electrons. The molecule has 1 saturated carbocycles. The average Bonchev–Trinajstić information content (AvgIpc) is 2.75. The van der Waals surface area contributed by atoms with Gasteiger partial charge < -0.3 is 5.32 Å². The van der Waals surface area contributed by atoms with Crippen LogP contribution >= 0.6 is 0 Å². The van der Waals surface area contributed by atoms with Crippen LogP contribution in [0.5, 0.6) is 0 Å². The van der Waals surface area contributed by atoms with E-state index in [-0.39, 0.29) is 0 Å². The summed E-state index contributed by atoms with van der Waals surface area (Å²) in [5.41, 5.74) is 2.27. The van der Waals surface area contributed by atoms with Gasteiger partial charge in [-0.2, -0.15) is 0 Å². The quantitative estimate of drug-likeness (QED) is 0.704. The molecule has 104 valence electrons. The zero-order valence-electron chi connectivity index (χ0n) is 12.4. The Morgan fingerprint density at radius 3 is 2.56 bits per heavy atom. The number of hydrogen-bond acceptors (Lipinski definition) is 1. The van der Waals surface area contributed by atoms with Crippen molar-refractivity contribution in [1.82, 2.24) is 5.32 Å². The van der Waals surface area contributed by atoms with Gasteiger partial charge in [-0.25, -0.2) is 0 Å². The van der Waals surface area contributed by atoms with Gasteiger partial charge in [0, 0.05) is 6.04 Å². The number of rotatable bonds is 4. The van der Waals surface area contributed by atoms with E-state index in [9.17, 15) is 0 Å². The molecule has 0 aliphatic heterocycles. The normalized spacial score (nSPS) is 26.2. The van der Waals surface area contributed by atoms with E-state index in [0.717, 1.165) is 6.54 Å². The minimum Gasteiger partial charge on any atom is -0.310 e. The van der Waals surface area contributed by atoms with E-state index in [1.54, 1.807) is 5.57 Å². The topological polar surface area (TPSA) is 12.0 Å². The number of allylic oxidation sites excluding steroid dienone is 1. The van der Waals surface area contributed by atoms with Gasteiger partial charge in [0.15, 0.2) is 0 Å². The van der Waals surface area contributed by atoms with Gasteiger partial charge in [-0.1, -0.05) is 51.2 Å². The SMILES string of the molecule is CCNC(C1=CCCCCCC1)C1(C)CCCC1. The Labute approximate surface area is 113 Å². The zero-order valence-corrected chi connectivity index (χ0v) is 12.4. The van der Waals surface area contributed by atoms with Crippen molar-refractivity contribution in [3.05, 3.63) is 11.6 Å². The van der Waals surface area contributed by atoms with E-state index in [2.05, 4.69) is 25.2 Å². The van der Waals surface area contributed by atoms with E-state index in [4.69, 9.17) is 0 Å². The molecule has 1 atom stereocenters. The van der Waals surface area contributed by atoms with Gasteiger partial charge in [-0.15, -0.1) is 0 Å². The number of likely N-dealkylation sites (N-methyl/N-ethyl adjacent to an activating group) is 1. The Morgan fingerprint density at radius 2 is 1.83 bits per heavy atom. The fourth-order valence-corrected chi connectivity index (χ4v) is 3.98. The molecule has 0 saturated heterocycles. The third-order valence-electron chi connectivity index (χ3n) is 5.05. The van der Waals surface area contributed by atoms with Gasteiger partial charge in [0.2, 0.25) is 0 Å². The molecule has 2 rings (SSSR count). The minimum atomic E-state index is 0.529. The van der Waals surface area contributed by atoms with Gasteiger partial charge in [0.25, 0.3) is 0 Å². The van der Waals surface area contributed by atoms with Crippen LogP contribution in [-0.4, -0.2) is 12.6 Å². The maximum absolute atomic E-state index is 3.81. The van der Waals surface area contributed by atoms with Crippen LogP contribution in [0, 0.1) is 5.41 Å². The Balaban J connectivity index is 2.11. The third-order valence-corrected chi connectivity index (χ3v) is 5.05. The molecule has 0 aromatic carbocycles. The van der Waals surface area contributed by atoms with Gasteiger partial charge in [-0.3, -0.25) is 0 Å². The Kier molecular flexibility index (Phi) is 5.29. The summed E-state index contributed by atoms with van der Waals surface area (Å²) in [7, 11) is 0. The van der Waals surface area contributed by atoms with E-state index in [1.807, 2.05) is 0 Å².